The van der Waals surface area contributed by atoms with Gasteiger partial charge in [0.2, 0.25) is 5.91 Å². The van der Waals surface area contributed by atoms with E-state index in [1.54, 1.807) is 56.4 Å². The van der Waals surface area contributed by atoms with Crippen LogP contribution in [-0.4, -0.2) is 29.1 Å². The Balaban J connectivity index is 1.58. The Hall–Kier alpha value is -3.02. The van der Waals surface area contributed by atoms with E-state index >= 15 is 0 Å². The van der Waals surface area contributed by atoms with Crippen molar-refractivity contribution in [2.24, 2.45) is 0 Å². The Kier molecular flexibility index (Phi) is 7.44. The zero-order valence-electron chi connectivity index (χ0n) is 18.0. The van der Waals surface area contributed by atoms with Crippen LogP contribution in [0.15, 0.2) is 36.4 Å². The number of ether oxygens (including phenoxy) is 2. The number of carbonyl (C=O) groups is 2. The van der Waals surface area contributed by atoms with Gasteiger partial charge in [0.25, 0.3) is 5.19 Å². The Morgan fingerprint density at radius 2 is 2.12 bits per heavy atom. The van der Waals surface area contributed by atoms with Crippen molar-refractivity contribution in [3.63, 3.8) is 0 Å². The van der Waals surface area contributed by atoms with Crippen molar-refractivity contribution < 1.29 is 23.9 Å². The summed E-state index contributed by atoms with van der Waals surface area (Å²) in [4.78, 5) is 32.5. The van der Waals surface area contributed by atoms with Crippen LogP contribution < -0.4 is 26.0 Å². The average Bonchev–Trinajstić information content (AvgIpc) is 3.31. The molecule has 0 atom stereocenters. The molecule has 0 unspecified atom stereocenters. The van der Waals surface area contributed by atoms with Crippen molar-refractivity contribution in [1.82, 2.24) is 15.9 Å². The number of hydrogen-bond acceptors (Lipinski definition) is 9. The maximum Gasteiger partial charge on any atom is 0.412 e. The van der Waals surface area contributed by atoms with Crippen molar-refractivity contribution in [2.45, 2.75) is 39.7 Å². The summed E-state index contributed by atoms with van der Waals surface area (Å²) >= 11 is 7.57. The first kappa shape index (κ1) is 23.6. The molecule has 2 heterocycles. The van der Waals surface area contributed by atoms with E-state index in [0.29, 0.717) is 40.4 Å². The van der Waals surface area contributed by atoms with Crippen molar-refractivity contribution in [3.8, 4) is 10.9 Å². The maximum atomic E-state index is 11.9. The average molecular weight is 482 g/mol. The molecule has 0 radical (unpaired) electrons. The van der Waals surface area contributed by atoms with E-state index in [0.717, 1.165) is 5.00 Å². The molecule has 1 aromatic heterocycles. The van der Waals surface area contributed by atoms with Gasteiger partial charge < -0.3 is 19.6 Å². The number of nitrogens with one attached hydrogen (secondary N) is 3. The number of hydrogen-bond donors (Lipinski definition) is 3. The molecule has 1 aliphatic rings. The molecule has 0 bridgehead atoms. The quantitative estimate of drug-likeness (QED) is 0.527. The summed E-state index contributed by atoms with van der Waals surface area (Å²) < 4.78 is 11.0. The standard InChI is InChI=1S/C20H24ClN5O5S/c1-12(27)22-8-7-14-11-26(25-31-14)17-10-23-19(32-17)29-16-6-5-13(9-15(16)21)24-18(28)30-20(2,3)4/h5-6,9-11,25H,7-8H2,1-4H3,(H,22,27)(H,24,28). The van der Waals surface area contributed by atoms with E-state index < -0.39 is 11.7 Å². The van der Waals surface area contributed by atoms with Crippen LogP contribution in [0.3, 0.4) is 0 Å². The highest BCUT2D eigenvalue weighted by Crippen LogP contribution is 2.36. The molecule has 10 nitrogen and oxygen atoms in total. The minimum atomic E-state index is -0.601. The number of hydrazine groups is 1. The fraction of sp³-hybridized carbons (Fsp3) is 0.350. The number of rotatable bonds is 7. The highest BCUT2D eigenvalue weighted by molar-refractivity contribution is 7.17. The summed E-state index contributed by atoms with van der Waals surface area (Å²) in [5.74, 6) is 0.968. The fourth-order valence-corrected chi connectivity index (χ4v) is 3.40. The second-order valence-electron chi connectivity index (χ2n) is 7.73. The first-order valence-corrected chi connectivity index (χ1v) is 10.9. The number of anilines is 2. The molecule has 3 N–H and O–H groups in total. The molecule has 0 spiro atoms. The van der Waals surface area contributed by atoms with Gasteiger partial charge in [-0.1, -0.05) is 28.5 Å². The highest BCUT2D eigenvalue weighted by Gasteiger charge is 2.19. The van der Waals surface area contributed by atoms with Crippen molar-refractivity contribution in [2.75, 3.05) is 16.9 Å². The highest BCUT2D eigenvalue weighted by atomic mass is 35.5. The minimum Gasteiger partial charge on any atom is -0.444 e. The number of amides is 2. The summed E-state index contributed by atoms with van der Waals surface area (Å²) in [5.41, 5.74) is 2.63. The molecule has 1 aliphatic heterocycles. The lowest BCUT2D eigenvalue weighted by Gasteiger charge is -2.19. The predicted octanol–water partition coefficient (Wildman–Crippen LogP) is 4.56. The third kappa shape index (κ3) is 7.01. The van der Waals surface area contributed by atoms with Gasteiger partial charge in [0.05, 0.1) is 17.4 Å². The smallest absolute Gasteiger partial charge is 0.412 e. The zero-order valence-corrected chi connectivity index (χ0v) is 19.6. The summed E-state index contributed by atoms with van der Waals surface area (Å²) in [6.07, 6.45) is 3.36. The lowest BCUT2D eigenvalue weighted by Crippen LogP contribution is -2.27. The topological polar surface area (TPSA) is 114 Å². The third-order valence-electron chi connectivity index (χ3n) is 3.78. The summed E-state index contributed by atoms with van der Waals surface area (Å²) in [7, 11) is 0. The van der Waals surface area contributed by atoms with Crippen LogP contribution in [-0.2, 0) is 14.4 Å². The summed E-state index contributed by atoms with van der Waals surface area (Å²) in [5, 5.41) is 8.40. The lowest BCUT2D eigenvalue weighted by atomic mass is 10.2. The van der Waals surface area contributed by atoms with Gasteiger partial charge in [-0.2, -0.15) is 0 Å². The SMILES string of the molecule is CC(=O)NCCC1=CN(c2cnc(Oc3ccc(NC(=O)OC(C)(C)C)cc3Cl)s2)NO1. The molecular weight excluding hydrogens is 458 g/mol. The van der Waals surface area contributed by atoms with Crippen LogP contribution in [0.25, 0.3) is 0 Å². The molecule has 1 aromatic carbocycles. The summed E-state index contributed by atoms with van der Waals surface area (Å²) in [6.45, 7) is 7.29. The van der Waals surface area contributed by atoms with Crippen LogP contribution in [0, 0.1) is 0 Å². The zero-order chi connectivity index (χ0) is 23.3. The number of carbonyl (C=O) groups excluding carboxylic acids is 2. The third-order valence-corrected chi connectivity index (χ3v) is 4.95. The molecule has 32 heavy (non-hydrogen) atoms. The molecular formula is C20H24ClN5O5S. The fourth-order valence-electron chi connectivity index (χ4n) is 2.48. The van der Waals surface area contributed by atoms with Gasteiger partial charge in [0.15, 0.2) is 0 Å². The predicted molar refractivity (Wildman–Crippen MR) is 122 cm³/mol. The molecule has 0 aliphatic carbocycles. The molecule has 2 aromatic rings. The van der Waals surface area contributed by atoms with E-state index in [1.807, 2.05) is 0 Å². The first-order valence-electron chi connectivity index (χ1n) is 9.69. The van der Waals surface area contributed by atoms with E-state index in [-0.39, 0.29) is 5.91 Å². The van der Waals surface area contributed by atoms with Crippen LogP contribution >= 0.6 is 22.9 Å². The Morgan fingerprint density at radius 3 is 2.81 bits per heavy atom. The van der Waals surface area contributed by atoms with Crippen molar-refractivity contribution >= 4 is 45.6 Å². The number of nitrogens with zero attached hydrogens (tertiary/aromatic N) is 2. The van der Waals surface area contributed by atoms with Gasteiger partial charge in [0.1, 0.15) is 22.1 Å². The van der Waals surface area contributed by atoms with E-state index in [1.165, 1.54) is 18.3 Å². The van der Waals surface area contributed by atoms with Crippen molar-refractivity contribution in [1.29, 1.82) is 0 Å². The largest absolute Gasteiger partial charge is 0.444 e. The monoisotopic (exact) mass is 481 g/mol. The van der Waals surface area contributed by atoms with Gasteiger partial charge in [-0.15, -0.1) is 0 Å². The second kappa shape index (κ2) is 10.1. The molecule has 0 saturated carbocycles. The van der Waals surface area contributed by atoms with Crippen LogP contribution in [0.4, 0.5) is 15.5 Å². The Bertz CT molecular complexity index is 1020. The van der Waals surface area contributed by atoms with Gasteiger partial charge in [-0.25, -0.2) is 14.8 Å². The molecule has 0 fully saturated rings. The normalized spacial score (nSPS) is 13.3. The van der Waals surface area contributed by atoms with Crippen LogP contribution in [0.2, 0.25) is 5.02 Å². The molecule has 0 saturated heterocycles. The summed E-state index contributed by atoms with van der Waals surface area (Å²) in [6, 6.07) is 4.85. The van der Waals surface area contributed by atoms with Crippen molar-refractivity contribution in [3.05, 3.63) is 41.4 Å². The second-order valence-corrected chi connectivity index (χ2v) is 9.11. The maximum absolute atomic E-state index is 11.9. The number of halogens is 1. The van der Waals surface area contributed by atoms with Crippen LogP contribution in [0.1, 0.15) is 34.1 Å². The van der Waals surface area contributed by atoms with E-state index in [4.69, 9.17) is 25.9 Å². The number of aromatic nitrogens is 1. The lowest BCUT2D eigenvalue weighted by molar-refractivity contribution is -0.118. The first-order chi connectivity index (χ1) is 15.1. The van der Waals surface area contributed by atoms with Gasteiger partial charge in [0, 0.05) is 25.6 Å². The molecule has 3 rings (SSSR count). The number of benzene rings is 1. The van der Waals surface area contributed by atoms with E-state index in [2.05, 4.69) is 21.2 Å². The number of thiazole rings is 1. The van der Waals surface area contributed by atoms with Gasteiger partial charge >= 0.3 is 6.09 Å². The van der Waals surface area contributed by atoms with E-state index in [9.17, 15) is 9.59 Å². The molecule has 2 amide bonds. The van der Waals surface area contributed by atoms with Gasteiger partial charge in [-0.05, 0) is 39.0 Å². The minimum absolute atomic E-state index is 0.0926. The molecule has 12 heteroatoms. The Morgan fingerprint density at radius 1 is 1.34 bits per heavy atom. The van der Waals surface area contributed by atoms with Gasteiger partial charge in [-0.3, -0.25) is 10.1 Å². The molecule has 172 valence electrons. The van der Waals surface area contributed by atoms with Crippen LogP contribution in [0.5, 0.6) is 10.9 Å². The Labute approximate surface area is 194 Å².